The second-order valence-electron chi connectivity index (χ2n) is 8.06. The van der Waals surface area contributed by atoms with Crippen molar-refractivity contribution >= 4 is 34.9 Å². The molecule has 0 saturated heterocycles. The van der Waals surface area contributed by atoms with Gasteiger partial charge in [0.1, 0.15) is 6.61 Å². The molecule has 2 N–H and O–H groups in total. The third-order valence-electron chi connectivity index (χ3n) is 5.91. The summed E-state index contributed by atoms with van der Waals surface area (Å²) in [5.74, 6) is -0.776. The van der Waals surface area contributed by atoms with Gasteiger partial charge in [-0.15, -0.1) is 0 Å². The van der Waals surface area contributed by atoms with Gasteiger partial charge in [-0.05, 0) is 48.8 Å². The fraction of sp³-hybridized carbons (Fsp3) is 0.346. The van der Waals surface area contributed by atoms with E-state index in [1.165, 1.54) is 0 Å². The minimum atomic E-state index is -0.508. The van der Waals surface area contributed by atoms with Gasteiger partial charge in [-0.3, -0.25) is 4.79 Å². The van der Waals surface area contributed by atoms with Crippen LogP contribution in [0.5, 0.6) is 0 Å². The second kappa shape index (κ2) is 11.8. The van der Waals surface area contributed by atoms with Crippen molar-refractivity contribution in [2.75, 3.05) is 32.7 Å². The molecule has 2 aromatic carbocycles. The minimum absolute atomic E-state index is 0.0800. The zero-order valence-electron chi connectivity index (χ0n) is 20.0. The van der Waals surface area contributed by atoms with Crippen LogP contribution in [0.1, 0.15) is 43.4 Å². The lowest BCUT2D eigenvalue weighted by molar-refractivity contribution is -0.140. The molecular formula is C26H31N3O4S. The zero-order chi connectivity index (χ0) is 24.7. The summed E-state index contributed by atoms with van der Waals surface area (Å²) in [6.45, 7) is 4.30. The van der Waals surface area contributed by atoms with Crippen molar-refractivity contribution in [3.8, 4) is 0 Å². The number of rotatable bonds is 9. The maximum Gasteiger partial charge on any atom is 0.338 e. The predicted molar refractivity (Wildman–Crippen MR) is 136 cm³/mol. The Balaban J connectivity index is 1.87. The number of carbonyl (C=O) groups is 2. The summed E-state index contributed by atoms with van der Waals surface area (Å²) in [5.41, 5.74) is 3.58. The van der Waals surface area contributed by atoms with Gasteiger partial charge in [-0.25, -0.2) is 4.79 Å². The minimum Gasteiger partial charge on any atom is -0.460 e. The van der Waals surface area contributed by atoms with Crippen LogP contribution < -0.4 is 10.6 Å². The van der Waals surface area contributed by atoms with Crippen molar-refractivity contribution < 1.29 is 19.1 Å². The van der Waals surface area contributed by atoms with E-state index in [0.29, 0.717) is 35.1 Å². The van der Waals surface area contributed by atoms with Crippen LogP contribution in [0.4, 0.5) is 5.69 Å². The number of thiocarbonyl (C=S) groups is 1. The fourth-order valence-electron chi connectivity index (χ4n) is 3.93. The normalized spacial score (nSPS) is 16.6. The first-order valence-corrected chi connectivity index (χ1v) is 11.6. The first kappa shape index (κ1) is 25.4. The van der Waals surface area contributed by atoms with Crippen molar-refractivity contribution in [1.29, 1.82) is 0 Å². The van der Waals surface area contributed by atoms with Gasteiger partial charge in [0, 0.05) is 25.5 Å². The van der Waals surface area contributed by atoms with Crippen molar-refractivity contribution in [2.24, 2.45) is 0 Å². The smallest absolute Gasteiger partial charge is 0.338 e. The lowest BCUT2D eigenvalue weighted by Crippen LogP contribution is -2.46. The number of anilines is 1. The quantitative estimate of drug-likeness (QED) is 0.317. The molecule has 0 spiro atoms. The number of ether oxygens (including phenoxy) is 2. The number of methoxy groups -OCH3 is 1. The van der Waals surface area contributed by atoms with Gasteiger partial charge in [0.05, 0.1) is 24.1 Å². The summed E-state index contributed by atoms with van der Waals surface area (Å²) >= 11 is 5.47. The van der Waals surface area contributed by atoms with Gasteiger partial charge in [0.2, 0.25) is 5.91 Å². The molecule has 2 atom stereocenters. The van der Waals surface area contributed by atoms with Crippen LogP contribution in [0.2, 0.25) is 0 Å². The molecule has 2 unspecified atom stereocenters. The van der Waals surface area contributed by atoms with Crippen LogP contribution in [0.15, 0.2) is 65.9 Å². The van der Waals surface area contributed by atoms with E-state index in [2.05, 4.69) is 10.6 Å². The Morgan fingerprint density at radius 2 is 1.88 bits per heavy atom. The van der Waals surface area contributed by atoms with Crippen molar-refractivity contribution in [3.63, 3.8) is 0 Å². The molecule has 7 nitrogen and oxygen atoms in total. The first-order valence-electron chi connectivity index (χ1n) is 11.2. The number of benzene rings is 2. The lowest BCUT2D eigenvalue weighted by Gasteiger charge is -2.35. The number of esters is 1. The SMILES string of the molecule is CCC(C(=O)Nc1cccc(C2NC(=S)N(C)C(C)=C2C(=O)OCCOC)c1)c1ccccc1. The molecule has 0 aromatic heterocycles. The van der Waals surface area contributed by atoms with Crippen LogP contribution in [0.25, 0.3) is 0 Å². The van der Waals surface area contributed by atoms with E-state index >= 15 is 0 Å². The third-order valence-corrected chi connectivity index (χ3v) is 6.30. The largest absolute Gasteiger partial charge is 0.460 e. The Hall–Kier alpha value is -3.23. The van der Waals surface area contributed by atoms with Crippen LogP contribution in [0, 0.1) is 0 Å². The molecule has 180 valence electrons. The number of amides is 1. The van der Waals surface area contributed by atoms with Crippen molar-refractivity contribution in [1.82, 2.24) is 10.2 Å². The van der Waals surface area contributed by atoms with Gasteiger partial charge in [-0.2, -0.15) is 0 Å². The van der Waals surface area contributed by atoms with Crippen LogP contribution in [0.3, 0.4) is 0 Å². The summed E-state index contributed by atoms with van der Waals surface area (Å²) < 4.78 is 10.4. The van der Waals surface area contributed by atoms with Gasteiger partial charge in [-0.1, -0.05) is 49.4 Å². The van der Waals surface area contributed by atoms with Crippen LogP contribution in [-0.4, -0.2) is 49.3 Å². The molecule has 0 bridgehead atoms. The number of nitrogens with one attached hydrogen (secondary N) is 2. The average molecular weight is 482 g/mol. The summed E-state index contributed by atoms with van der Waals surface area (Å²) in [6.07, 6.45) is 0.680. The third kappa shape index (κ3) is 5.81. The molecule has 1 heterocycles. The molecular weight excluding hydrogens is 450 g/mol. The highest BCUT2D eigenvalue weighted by atomic mass is 32.1. The van der Waals surface area contributed by atoms with E-state index in [9.17, 15) is 9.59 Å². The summed E-state index contributed by atoms with van der Waals surface area (Å²) in [4.78, 5) is 27.7. The molecule has 1 aliphatic heterocycles. The van der Waals surface area contributed by atoms with E-state index in [0.717, 1.165) is 11.1 Å². The number of carbonyl (C=O) groups excluding carboxylic acids is 2. The van der Waals surface area contributed by atoms with E-state index < -0.39 is 12.0 Å². The Labute approximate surface area is 206 Å². The molecule has 34 heavy (non-hydrogen) atoms. The lowest BCUT2D eigenvalue weighted by atomic mass is 9.94. The highest BCUT2D eigenvalue weighted by Crippen LogP contribution is 2.32. The average Bonchev–Trinajstić information content (AvgIpc) is 2.83. The summed E-state index contributed by atoms with van der Waals surface area (Å²) in [5, 5.41) is 6.76. The highest BCUT2D eigenvalue weighted by Gasteiger charge is 2.33. The van der Waals surface area contributed by atoms with Gasteiger partial charge in [0.15, 0.2) is 5.11 Å². The molecule has 3 rings (SSSR count). The maximum atomic E-state index is 13.0. The monoisotopic (exact) mass is 481 g/mol. The maximum absolute atomic E-state index is 13.0. The fourth-order valence-corrected chi connectivity index (χ4v) is 4.18. The molecule has 0 fully saturated rings. The van der Waals surface area contributed by atoms with E-state index in [-0.39, 0.29) is 18.4 Å². The molecule has 1 amide bonds. The molecule has 1 aliphatic rings. The standard InChI is InChI=1S/C26H31N3O4S/c1-5-21(18-10-7-6-8-11-18)24(30)27-20-13-9-12-19(16-20)23-22(25(31)33-15-14-32-4)17(2)29(3)26(34)28-23/h6-13,16,21,23H,5,14-15H2,1-4H3,(H,27,30)(H,28,34). The number of allylic oxidation sites excluding steroid dienone is 1. The number of nitrogens with zero attached hydrogens (tertiary/aromatic N) is 1. The Bertz CT molecular complexity index is 1070. The van der Waals surface area contributed by atoms with Crippen LogP contribution >= 0.6 is 12.2 Å². The van der Waals surface area contributed by atoms with E-state index in [4.69, 9.17) is 21.7 Å². The molecule has 2 aromatic rings. The van der Waals surface area contributed by atoms with Crippen molar-refractivity contribution in [2.45, 2.75) is 32.2 Å². The van der Waals surface area contributed by atoms with Crippen LogP contribution in [-0.2, 0) is 19.1 Å². The van der Waals surface area contributed by atoms with Crippen molar-refractivity contribution in [3.05, 3.63) is 77.0 Å². The molecule has 0 saturated carbocycles. The summed E-state index contributed by atoms with van der Waals surface area (Å²) in [6, 6.07) is 16.6. The second-order valence-corrected chi connectivity index (χ2v) is 8.44. The summed E-state index contributed by atoms with van der Waals surface area (Å²) in [7, 11) is 3.35. The Kier molecular flexibility index (Phi) is 8.79. The Morgan fingerprint density at radius 1 is 1.15 bits per heavy atom. The molecule has 0 aliphatic carbocycles. The zero-order valence-corrected chi connectivity index (χ0v) is 20.8. The molecule has 8 heteroatoms. The first-order chi connectivity index (χ1) is 16.4. The number of hydrogen-bond acceptors (Lipinski definition) is 5. The Morgan fingerprint density at radius 3 is 2.56 bits per heavy atom. The highest BCUT2D eigenvalue weighted by molar-refractivity contribution is 7.80. The number of hydrogen-bond donors (Lipinski definition) is 2. The topological polar surface area (TPSA) is 79.9 Å². The van der Waals surface area contributed by atoms with Gasteiger partial charge < -0.3 is 25.0 Å². The molecule has 0 radical (unpaired) electrons. The van der Waals surface area contributed by atoms with Gasteiger partial charge in [0.25, 0.3) is 0 Å². The van der Waals surface area contributed by atoms with E-state index in [1.807, 2.05) is 68.4 Å². The van der Waals surface area contributed by atoms with Gasteiger partial charge >= 0.3 is 5.97 Å². The van der Waals surface area contributed by atoms with E-state index in [1.54, 1.807) is 19.1 Å². The predicted octanol–water partition coefficient (Wildman–Crippen LogP) is 4.14.